The van der Waals surface area contributed by atoms with Crippen LogP contribution < -0.4 is 5.32 Å². The number of ether oxygens (including phenoxy) is 2. The van der Waals surface area contributed by atoms with Gasteiger partial charge in [0.15, 0.2) is 6.61 Å². The minimum atomic E-state index is -0.935. The van der Waals surface area contributed by atoms with E-state index in [2.05, 4.69) is 4.74 Å². The van der Waals surface area contributed by atoms with E-state index in [-0.39, 0.29) is 9.90 Å². The van der Waals surface area contributed by atoms with E-state index < -0.39 is 24.6 Å². The lowest BCUT2D eigenvalue weighted by Gasteiger charge is -2.03. The van der Waals surface area contributed by atoms with Crippen molar-refractivity contribution in [1.29, 1.82) is 0 Å². The minimum absolute atomic E-state index is 0.157. The lowest BCUT2D eigenvalue weighted by molar-refractivity contribution is -0.123. The second-order valence-electron chi connectivity index (χ2n) is 4.00. The van der Waals surface area contributed by atoms with E-state index in [0.717, 1.165) is 23.1 Å². The van der Waals surface area contributed by atoms with Crippen molar-refractivity contribution in [2.75, 3.05) is 13.7 Å². The number of halogens is 2. The number of benzene rings is 1. The molecule has 116 valence electrons. The predicted molar refractivity (Wildman–Crippen MR) is 82.7 cm³/mol. The molecule has 0 radical (unpaired) electrons. The zero-order chi connectivity index (χ0) is 16.3. The van der Waals surface area contributed by atoms with E-state index in [1.54, 1.807) is 18.2 Å². The first-order chi connectivity index (χ1) is 10.4. The third-order valence-corrected chi connectivity index (χ3v) is 4.41. The molecule has 2 amide bonds. The molecule has 0 unspecified atom stereocenters. The fourth-order valence-corrected chi connectivity index (χ4v) is 3.25. The average Bonchev–Trinajstić information content (AvgIpc) is 2.81. The Kier molecular flexibility index (Phi) is 5.23. The van der Waals surface area contributed by atoms with Crippen LogP contribution in [-0.4, -0.2) is 31.7 Å². The normalized spacial score (nSPS) is 10.3. The topological polar surface area (TPSA) is 81.7 Å². The standard InChI is InChI=1S/C13H9Cl2NO5S/c1-20-13(19)16-9(17)5-21-12(18)11-10(15)7-3-2-6(14)4-8(7)22-11/h2-4H,5H2,1H3,(H,16,17,19). The van der Waals surface area contributed by atoms with Gasteiger partial charge in [-0.15, -0.1) is 11.3 Å². The summed E-state index contributed by atoms with van der Waals surface area (Å²) in [4.78, 5) is 34.2. The lowest BCUT2D eigenvalue weighted by Crippen LogP contribution is -2.33. The molecule has 1 aromatic heterocycles. The molecule has 9 heteroatoms. The van der Waals surface area contributed by atoms with Crippen molar-refractivity contribution < 1.29 is 23.9 Å². The number of hydrogen-bond donors (Lipinski definition) is 1. The summed E-state index contributed by atoms with van der Waals surface area (Å²) >= 11 is 13.1. The van der Waals surface area contributed by atoms with Crippen LogP contribution in [0.25, 0.3) is 10.1 Å². The Bertz CT molecular complexity index is 758. The molecule has 0 aliphatic carbocycles. The third-order valence-electron chi connectivity index (χ3n) is 2.54. The van der Waals surface area contributed by atoms with E-state index in [4.69, 9.17) is 27.9 Å². The summed E-state index contributed by atoms with van der Waals surface area (Å²) in [6, 6.07) is 5.02. The number of fused-ring (bicyclic) bond motifs is 1. The van der Waals surface area contributed by atoms with Gasteiger partial charge in [-0.25, -0.2) is 9.59 Å². The summed E-state index contributed by atoms with van der Waals surface area (Å²) in [7, 11) is 1.11. The smallest absolute Gasteiger partial charge is 0.413 e. The Labute approximate surface area is 138 Å². The molecule has 1 heterocycles. The molecule has 1 aromatic carbocycles. The van der Waals surface area contributed by atoms with Gasteiger partial charge in [-0.3, -0.25) is 10.1 Å². The molecular weight excluding hydrogens is 353 g/mol. The average molecular weight is 362 g/mol. The molecule has 0 spiro atoms. The molecular formula is C13H9Cl2NO5S. The molecule has 0 saturated carbocycles. The van der Waals surface area contributed by atoms with Gasteiger partial charge in [-0.2, -0.15) is 0 Å². The first-order valence-electron chi connectivity index (χ1n) is 5.85. The van der Waals surface area contributed by atoms with Crippen LogP contribution in [-0.2, 0) is 14.3 Å². The number of methoxy groups -OCH3 is 1. The zero-order valence-corrected chi connectivity index (χ0v) is 13.5. The van der Waals surface area contributed by atoms with Crippen LogP contribution in [0.4, 0.5) is 4.79 Å². The van der Waals surface area contributed by atoms with E-state index in [0.29, 0.717) is 10.4 Å². The second kappa shape index (κ2) is 6.95. The number of rotatable bonds is 3. The van der Waals surface area contributed by atoms with Crippen molar-refractivity contribution >= 4 is 62.6 Å². The summed E-state index contributed by atoms with van der Waals surface area (Å²) in [5, 5.41) is 3.28. The second-order valence-corrected chi connectivity index (χ2v) is 5.87. The van der Waals surface area contributed by atoms with E-state index in [1.807, 2.05) is 5.32 Å². The Morgan fingerprint density at radius 1 is 1.27 bits per heavy atom. The summed E-state index contributed by atoms with van der Waals surface area (Å²) < 4.78 is 9.78. The molecule has 2 aromatic rings. The summed E-state index contributed by atoms with van der Waals surface area (Å²) in [5.41, 5.74) is 0. The minimum Gasteiger partial charge on any atom is -0.453 e. The maximum absolute atomic E-state index is 12.0. The van der Waals surface area contributed by atoms with Crippen LogP contribution in [0.5, 0.6) is 0 Å². The Hall–Kier alpha value is -1.83. The van der Waals surface area contributed by atoms with Gasteiger partial charge in [0.2, 0.25) is 0 Å². The Morgan fingerprint density at radius 2 is 2.00 bits per heavy atom. The quantitative estimate of drug-likeness (QED) is 0.848. The van der Waals surface area contributed by atoms with Gasteiger partial charge in [0, 0.05) is 15.1 Å². The highest BCUT2D eigenvalue weighted by atomic mass is 35.5. The van der Waals surface area contributed by atoms with Crippen molar-refractivity contribution in [2.45, 2.75) is 0 Å². The molecule has 6 nitrogen and oxygen atoms in total. The van der Waals surface area contributed by atoms with Gasteiger partial charge >= 0.3 is 12.1 Å². The number of carbonyl (C=O) groups is 3. The summed E-state index contributed by atoms with van der Waals surface area (Å²) in [6.07, 6.45) is -0.935. The van der Waals surface area contributed by atoms with Crippen molar-refractivity contribution in [3.8, 4) is 0 Å². The third kappa shape index (κ3) is 3.68. The highest BCUT2D eigenvalue weighted by molar-refractivity contribution is 7.21. The van der Waals surface area contributed by atoms with Crippen LogP contribution in [0.1, 0.15) is 9.67 Å². The number of thiophene rings is 1. The largest absolute Gasteiger partial charge is 0.453 e. The van der Waals surface area contributed by atoms with E-state index in [9.17, 15) is 14.4 Å². The van der Waals surface area contributed by atoms with E-state index in [1.165, 1.54) is 0 Å². The van der Waals surface area contributed by atoms with Gasteiger partial charge in [-0.05, 0) is 12.1 Å². The van der Waals surface area contributed by atoms with Crippen LogP contribution in [0.3, 0.4) is 0 Å². The molecule has 0 bridgehead atoms. The van der Waals surface area contributed by atoms with Crippen molar-refractivity contribution in [3.63, 3.8) is 0 Å². The molecule has 0 aliphatic heterocycles. The fourth-order valence-electron chi connectivity index (χ4n) is 1.57. The molecule has 2 rings (SSSR count). The molecule has 0 atom stereocenters. The SMILES string of the molecule is COC(=O)NC(=O)COC(=O)c1sc2cc(Cl)ccc2c1Cl. The van der Waals surface area contributed by atoms with Crippen LogP contribution in [0, 0.1) is 0 Å². The number of imide groups is 1. The van der Waals surface area contributed by atoms with Gasteiger partial charge in [0.25, 0.3) is 5.91 Å². The summed E-state index contributed by atoms with van der Waals surface area (Å²) in [6.45, 7) is -0.626. The Morgan fingerprint density at radius 3 is 2.68 bits per heavy atom. The monoisotopic (exact) mass is 361 g/mol. The molecule has 0 aliphatic rings. The summed E-state index contributed by atoms with van der Waals surface area (Å²) in [5.74, 6) is -1.57. The Balaban J connectivity index is 2.08. The maximum Gasteiger partial charge on any atom is 0.413 e. The molecule has 0 fully saturated rings. The van der Waals surface area contributed by atoms with Crippen LogP contribution in [0.2, 0.25) is 10.0 Å². The van der Waals surface area contributed by atoms with Crippen LogP contribution in [0.15, 0.2) is 18.2 Å². The van der Waals surface area contributed by atoms with Gasteiger partial charge in [0.05, 0.1) is 12.1 Å². The number of hydrogen-bond acceptors (Lipinski definition) is 6. The number of nitrogens with one attached hydrogen (secondary N) is 1. The van der Waals surface area contributed by atoms with Crippen LogP contribution >= 0.6 is 34.5 Å². The van der Waals surface area contributed by atoms with E-state index >= 15 is 0 Å². The first-order valence-corrected chi connectivity index (χ1v) is 7.42. The van der Waals surface area contributed by atoms with Gasteiger partial charge < -0.3 is 9.47 Å². The lowest BCUT2D eigenvalue weighted by atomic mass is 10.2. The number of alkyl carbamates (subject to hydrolysis) is 1. The molecule has 1 N–H and O–H groups in total. The number of carbonyl (C=O) groups excluding carboxylic acids is 3. The molecule has 0 saturated heterocycles. The van der Waals surface area contributed by atoms with Gasteiger partial charge in [0.1, 0.15) is 4.88 Å². The van der Waals surface area contributed by atoms with Crippen molar-refractivity contribution in [3.05, 3.63) is 33.1 Å². The zero-order valence-electron chi connectivity index (χ0n) is 11.1. The fraction of sp³-hybridized carbons (Fsp3) is 0.154. The van der Waals surface area contributed by atoms with Crippen molar-refractivity contribution in [1.82, 2.24) is 5.32 Å². The predicted octanol–water partition coefficient (Wildman–Crippen LogP) is 3.25. The highest BCUT2D eigenvalue weighted by Crippen LogP contribution is 2.37. The number of esters is 1. The number of amides is 2. The van der Waals surface area contributed by atoms with Crippen molar-refractivity contribution in [2.24, 2.45) is 0 Å². The maximum atomic E-state index is 12.0. The molecule has 22 heavy (non-hydrogen) atoms. The first kappa shape index (κ1) is 16.5. The van der Waals surface area contributed by atoms with Gasteiger partial charge in [-0.1, -0.05) is 29.3 Å². The highest BCUT2D eigenvalue weighted by Gasteiger charge is 2.20.